The number of carbonyl (C=O) groups is 2. The Kier molecular flexibility index (Phi) is 11.3. The molecule has 0 bridgehead atoms. The number of aliphatic carboxylic acids is 1. The Morgan fingerprint density at radius 3 is 2.21 bits per heavy atom. The van der Waals surface area contributed by atoms with Crippen molar-refractivity contribution >= 4 is 33.5 Å². The van der Waals surface area contributed by atoms with E-state index in [1.807, 2.05) is 0 Å². The van der Waals surface area contributed by atoms with E-state index in [-0.39, 0.29) is 53.5 Å². The number of ether oxygens (including phenoxy) is 1. The van der Waals surface area contributed by atoms with E-state index in [0.717, 1.165) is 5.56 Å². The Morgan fingerprint density at radius 1 is 1.09 bits per heavy atom. The second-order valence-corrected chi connectivity index (χ2v) is 9.97. The van der Waals surface area contributed by atoms with Crippen LogP contribution in [0, 0.1) is 0 Å². The molecule has 0 heterocycles. The van der Waals surface area contributed by atoms with Crippen LogP contribution in [0.5, 0.6) is 5.75 Å². The van der Waals surface area contributed by atoms with Crippen LogP contribution < -0.4 is 49.4 Å². The molecule has 0 aliphatic carbocycles. The molecule has 1 atom stereocenters. The molecule has 33 heavy (non-hydrogen) atoms. The second-order valence-electron chi connectivity index (χ2n) is 7.81. The summed E-state index contributed by atoms with van der Waals surface area (Å²) in [5.41, 5.74) is -0.338. The summed E-state index contributed by atoms with van der Waals surface area (Å²) in [5.74, 6) is -1.25. The van der Waals surface area contributed by atoms with Crippen molar-refractivity contribution in [3.63, 3.8) is 0 Å². The topological polar surface area (TPSA) is 125 Å². The van der Waals surface area contributed by atoms with Crippen LogP contribution in [0.2, 0.25) is 5.02 Å². The summed E-state index contributed by atoms with van der Waals surface area (Å²) in [6, 6.07) is 12.5. The van der Waals surface area contributed by atoms with Gasteiger partial charge in [-0.15, -0.1) is 0 Å². The SMILES string of the molecule is C[C@H](Cc1ccc(OC(C)(C)C(=O)NCCC(=O)[O-])cc1)NS(=O)(=O)c1ccc(Cl)cc1.[Na+]. The van der Waals surface area contributed by atoms with E-state index in [2.05, 4.69) is 10.0 Å². The first-order chi connectivity index (χ1) is 14.9. The second kappa shape index (κ2) is 12.7. The van der Waals surface area contributed by atoms with Gasteiger partial charge >= 0.3 is 29.6 Å². The molecule has 2 aromatic carbocycles. The van der Waals surface area contributed by atoms with Crippen molar-refractivity contribution in [2.24, 2.45) is 0 Å². The van der Waals surface area contributed by atoms with Crippen LogP contribution in [0.4, 0.5) is 0 Å². The molecule has 0 saturated heterocycles. The van der Waals surface area contributed by atoms with Gasteiger partial charge in [-0.25, -0.2) is 13.1 Å². The maximum atomic E-state index is 12.5. The van der Waals surface area contributed by atoms with Crippen molar-refractivity contribution in [1.29, 1.82) is 0 Å². The Morgan fingerprint density at radius 2 is 1.67 bits per heavy atom. The number of sulfonamides is 1. The number of amides is 1. The summed E-state index contributed by atoms with van der Waals surface area (Å²) in [7, 11) is -3.67. The first-order valence-electron chi connectivity index (χ1n) is 9.93. The molecule has 0 aromatic heterocycles. The molecule has 2 rings (SSSR count). The third-order valence-corrected chi connectivity index (χ3v) is 6.34. The van der Waals surface area contributed by atoms with Gasteiger partial charge in [0.25, 0.3) is 5.91 Å². The van der Waals surface area contributed by atoms with Gasteiger partial charge in [0, 0.05) is 30.0 Å². The van der Waals surface area contributed by atoms with Gasteiger partial charge in [0.15, 0.2) is 5.60 Å². The summed E-state index contributed by atoms with van der Waals surface area (Å²) in [6.45, 7) is 4.86. The zero-order valence-corrected chi connectivity index (χ0v) is 22.6. The zero-order chi connectivity index (χ0) is 23.9. The molecule has 174 valence electrons. The Labute approximate surface area is 221 Å². The average Bonchev–Trinajstić information content (AvgIpc) is 2.68. The normalized spacial score (nSPS) is 12.4. The van der Waals surface area contributed by atoms with E-state index in [4.69, 9.17) is 16.3 Å². The van der Waals surface area contributed by atoms with E-state index in [1.54, 1.807) is 45.0 Å². The third kappa shape index (κ3) is 9.64. The molecule has 0 radical (unpaired) electrons. The molecule has 1 amide bonds. The number of hydrogen-bond acceptors (Lipinski definition) is 6. The minimum Gasteiger partial charge on any atom is -0.550 e. The number of carboxylic acids is 1. The van der Waals surface area contributed by atoms with Crippen molar-refractivity contribution < 1.29 is 57.4 Å². The summed E-state index contributed by atoms with van der Waals surface area (Å²) in [4.78, 5) is 22.8. The Hall–Kier alpha value is -1.62. The van der Waals surface area contributed by atoms with Crippen LogP contribution in [-0.2, 0) is 26.0 Å². The molecule has 0 fully saturated rings. The van der Waals surface area contributed by atoms with Crippen LogP contribution in [0.25, 0.3) is 0 Å². The summed E-state index contributed by atoms with van der Waals surface area (Å²) >= 11 is 5.81. The first-order valence-corrected chi connectivity index (χ1v) is 11.8. The molecule has 0 spiro atoms. The fraction of sp³-hybridized carbons (Fsp3) is 0.364. The molecule has 2 N–H and O–H groups in total. The summed E-state index contributed by atoms with van der Waals surface area (Å²) < 4.78 is 33.3. The number of carboxylic acid groups (broad SMARTS) is 1. The average molecular weight is 505 g/mol. The minimum absolute atomic E-state index is 0. The van der Waals surface area contributed by atoms with Gasteiger partial charge in [-0.1, -0.05) is 23.7 Å². The van der Waals surface area contributed by atoms with E-state index in [9.17, 15) is 23.1 Å². The number of rotatable bonds is 11. The van der Waals surface area contributed by atoms with Crippen molar-refractivity contribution in [3.05, 3.63) is 59.1 Å². The van der Waals surface area contributed by atoms with Gasteiger partial charge < -0.3 is 20.0 Å². The standard InChI is InChI=1S/C22H27ClN2O6S.Na/c1-15(25-32(29,30)19-10-6-17(23)7-11-19)14-16-4-8-18(9-5-16)31-22(2,3)21(28)24-13-12-20(26)27;/h4-11,15,25H,12-14H2,1-3H3,(H,24,28)(H,26,27);/q;+1/p-1/t15-;/m1./s1. The minimum atomic E-state index is -3.67. The molecule has 8 nitrogen and oxygen atoms in total. The van der Waals surface area contributed by atoms with Crippen LogP contribution in [-0.4, -0.2) is 38.5 Å². The van der Waals surface area contributed by atoms with Crippen LogP contribution >= 0.6 is 11.6 Å². The molecular weight excluding hydrogens is 479 g/mol. The van der Waals surface area contributed by atoms with Gasteiger partial charge in [-0.3, -0.25) is 4.79 Å². The van der Waals surface area contributed by atoms with Crippen molar-refractivity contribution in [1.82, 2.24) is 10.0 Å². The van der Waals surface area contributed by atoms with Gasteiger partial charge in [-0.05, 0) is 69.2 Å². The van der Waals surface area contributed by atoms with Crippen LogP contribution in [0.1, 0.15) is 32.8 Å². The Balaban J connectivity index is 0.00000544. The molecule has 11 heteroatoms. The third-order valence-electron chi connectivity index (χ3n) is 4.48. The number of nitrogens with one attached hydrogen (secondary N) is 2. The molecule has 2 aromatic rings. The smallest absolute Gasteiger partial charge is 0.550 e. The van der Waals surface area contributed by atoms with E-state index in [0.29, 0.717) is 17.2 Å². The molecule has 0 aliphatic heterocycles. The monoisotopic (exact) mass is 504 g/mol. The molecule has 0 aliphatic rings. The fourth-order valence-electron chi connectivity index (χ4n) is 2.87. The summed E-state index contributed by atoms with van der Waals surface area (Å²) in [6.07, 6.45) is 0.163. The predicted molar refractivity (Wildman–Crippen MR) is 119 cm³/mol. The number of halogens is 1. The Bertz CT molecular complexity index is 1040. The summed E-state index contributed by atoms with van der Waals surface area (Å²) in [5, 5.41) is 13.4. The van der Waals surface area contributed by atoms with E-state index >= 15 is 0 Å². The molecule has 0 unspecified atom stereocenters. The van der Waals surface area contributed by atoms with Gasteiger partial charge in [0.2, 0.25) is 10.0 Å². The number of hydrogen-bond donors (Lipinski definition) is 2. The van der Waals surface area contributed by atoms with E-state index < -0.39 is 27.5 Å². The van der Waals surface area contributed by atoms with Gasteiger partial charge in [0.05, 0.1) is 4.90 Å². The number of benzene rings is 2. The molecular formula is C22H26ClN2NaO6S. The fourth-order valence-corrected chi connectivity index (χ4v) is 4.24. The first kappa shape index (κ1) is 29.4. The van der Waals surface area contributed by atoms with Crippen molar-refractivity contribution in [3.8, 4) is 5.75 Å². The van der Waals surface area contributed by atoms with Gasteiger partial charge in [0.1, 0.15) is 5.75 Å². The van der Waals surface area contributed by atoms with E-state index in [1.165, 1.54) is 24.3 Å². The largest absolute Gasteiger partial charge is 1.00 e. The van der Waals surface area contributed by atoms with Gasteiger partial charge in [-0.2, -0.15) is 0 Å². The maximum absolute atomic E-state index is 12.5. The van der Waals surface area contributed by atoms with Crippen molar-refractivity contribution in [2.45, 2.75) is 50.2 Å². The van der Waals surface area contributed by atoms with Crippen molar-refractivity contribution in [2.75, 3.05) is 6.54 Å². The molecule has 0 saturated carbocycles. The quantitative estimate of drug-likeness (QED) is 0.365. The maximum Gasteiger partial charge on any atom is 1.00 e. The predicted octanol–water partition coefficient (Wildman–Crippen LogP) is -1.33. The van der Waals surface area contributed by atoms with Crippen LogP contribution in [0.15, 0.2) is 53.4 Å². The zero-order valence-electron chi connectivity index (χ0n) is 19.1. The number of carbonyl (C=O) groups excluding carboxylic acids is 2. The van der Waals surface area contributed by atoms with Crippen LogP contribution in [0.3, 0.4) is 0 Å².